The van der Waals surface area contributed by atoms with Crippen molar-refractivity contribution < 1.29 is 20.1 Å². The molecule has 0 aliphatic heterocycles. The average Bonchev–Trinajstić information content (AvgIpc) is 2.36. The lowest BCUT2D eigenvalue weighted by atomic mass is 9.99. The molecule has 2 unspecified atom stereocenters. The molecule has 0 aliphatic rings. The van der Waals surface area contributed by atoms with Gasteiger partial charge in [-0.3, -0.25) is 4.79 Å². The number of carboxylic acids is 1. The highest BCUT2D eigenvalue weighted by Gasteiger charge is 2.21. The van der Waals surface area contributed by atoms with Gasteiger partial charge in [0, 0.05) is 5.69 Å². The van der Waals surface area contributed by atoms with Gasteiger partial charge in [0.25, 0.3) is 0 Å². The van der Waals surface area contributed by atoms with E-state index >= 15 is 0 Å². The predicted molar refractivity (Wildman–Crippen MR) is 71.6 cm³/mol. The number of aliphatic hydroxyl groups is 2. The number of nitrogens with two attached hydrogens (primary N) is 1. The molecule has 2 rings (SSSR count). The number of aliphatic hydroxyl groups excluding tert-OH is 2. The maximum absolute atomic E-state index is 10.5. The van der Waals surface area contributed by atoms with Crippen LogP contribution in [-0.4, -0.2) is 27.4 Å². The lowest BCUT2D eigenvalue weighted by Gasteiger charge is -2.17. The first-order valence-corrected chi connectivity index (χ1v) is 5.84. The molecule has 0 aliphatic carbocycles. The first-order chi connectivity index (χ1) is 8.97. The minimum atomic E-state index is -1.33. The third kappa shape index (κ3) is 3.01. The average molecular weight is 261 g/mol. The summed E-state index contributed by atoms with van der Waals surface area (Å²) in [5, 5.41) is 29.9. The summed E-state index contributed by atoms with van der Waals surface area (Å²) in [6.07, 6.45) is -3.05. The van der Waals surface area contributed by atoms with Crippen molar-refractivity contribution in [3.05, 3.63) is 42.0 Å². The number of hydrogen-bond donors (Lipinski definition) is 4. The highest BCUT2D eigenvalue weighted by Crippen LogP contribution is 2.25. The Hall–Kier alpha value is -2.11. The molecule has 2 atom stereocenters. The molecule has 0 radical (unpaired) electrons. The zero-order chi connectivity index (χ0) is 14.0. The molecule has 0 fully saturated rings. The molecule has 2 aromatic rings. The maximum Gasteiger partial charge on any atom is 0.306 e. The van der Waals surface area contributed by atoms with Crippen molar-refractivity contribution in [3.8, 4) is 0 Å². The van der Waals surface area contributed by atoms with Crippen molar-refractivity contribution in [1.29, 1.82) is 0 Å². The predicted octanol–water partition coefficient (Wildman–Crippen LogP) is 1.29. The van der Waals surface area contributed by atoms with Crippen molar-refractivity contribution in [2.75, 3.05) is 5.73 Å². The third-order valence-corrected chi connectivity index (χ3v) is 2.98. The molecule has 0 saturated carbocycles. The van der Waals surface area contributed by atoms with E-state index in [9.17, 15) is 15.0 Å². The largest absolute Gasteiger partial charge is 0.481 e. The van der Waals surface area contributed by atoms with E-state index in [1.54, 1.807) is 30.3 Å². The van der Waals surface area contributed by atoms with Crippen LogP contribution in [0.15, 0.2) is 36.4 Å². The van der Waals surface area contributed by atoms with E-state index in [1.807, 2.05) is 6.07 Å². The zero-order valence-corrected chi connectivity index (χ0v) is 10.2. The number of fused-ring (bicyclic) bond motifs is 1. The normalized spacial score (nSPS) is 14.2. The van der Waals surface area contributed by atoms with Crippen LogP contribution in [0.4, 0.5) is 5.69 Å². The van der Waals surface area contributed by atoms with E-state index in [4.69, 9.17) is 10.8 Å². The van der Waals surface area contributed by atoms with Gasteiger partial charge in [-0.05, 0) is 34.5 Å². The SMILES string of the molecule is Nc1ccc2cc(C(O)C(O)CC(=O)O)ccc2c1. The van der Waals surface area contributed by atoms with Crippen LogP contribution in [0.3, 0.4) is 0 Å². The third-order valence-electron chi connectivity index (χ3n) is 2.98. The standard InChI is InChI=1S/C14H15NO4/c15-11-4-3-8-5-10(2-1-9(8)6-11)14(19)12(16)7-13(17)18/h1-6,12,14,16,19H,7,15H2,(H,17,18). The van der Waals surface area contributed by atoms with Crippen LogP contribution in [0, 0.1) is 0 Å². The summed E-state index contributed by atoms with van der Waals surface area (Å²) >= 11 is 0. The number of nitrogen functional groups attached to an aromatic ring is 1. The molecule has 5 N–H and O–H groups in total. The highest BCUT2D eigenvalue weighted by molar-refractivity contribution is 5.86. The second-order valence-electron chi connectivity index (χ2n) is 4.48. The van der Waals surface area contributed by atoms with Gasteiger partial charge in [0.2, 0.25) is 0 Å². The molecule has 5 nitrogen and oxygen atoms in total. The van der Waals surface area contributed by atoms with Gasteiger partial charge in [-0.25, -0.2) is 0 Å². The molecule has 0 saturated heterocycles. The van der Waals surface area contributed by atoms with E-state index in [1.165, 1.54) is 0 Å². The maximum atomic E-state index is 10.5. The number of hydrogen-bond acceptors (Lipinski definition) is 4. The highest BCUT2D eigenvalue weighted by atomic mass is 16.4. The van der Waals surface area contributed by atoms with Crippen LogP contribution in [0.2, 0.25) is 0 Å². The Morgan fingerprint density at radius 3 is 2.42 bits per heavy atom. The van der Waals surface area contributed by atoms with Crippen LogP contribution in [-0.2, 0) is 4.79 Å². The smallest absolute Gasteiger partial charge is 0.306 e. The summed E-state index contributed by atoms with van der Waals surface area (Å²) in [5.41, 5.74) is 6.79. The second-order valence-corrected chi connectivity index (χ2v) is 4.48. The fourth-order valence-electron chi connectivity index (χ4n) is 1.98. The summed E-state index contributed by atoms with van der Waals surface area (Å²) in [6.45, 7) is 0. The molecule has 5 heteroatoms. The summed E-state index contributed by atoms with van der Waals surface area (Å²) in [6, 6.07) is 10.5. The van der Waals surface area contributed by atoms with Crippen LogP contribution >= 0.6 is 0 Å². The summed E-state index contributed by atoms with van der Waals surface area (Å²) in [7, 11) is 0. The second kappa shape index (κ2) is 5.26. The lowest BCUT2D eigenvalue weighted by molar-refractivity contribution is -0.141. The Morgan fingerprint density at radius 1 is 1.11 bits per heavy atom. The first kappa shape index (κ1) is 13.3. The number of carboxylic acid groups (broad SMARTS) is 1. The molecule has 0 amide bonds. The van der Waals surface area contributed by atoms with Crippen molar-refractivity contribution in [2.45, 2.75) is 18.6 Å². The molecular formula is C14H15NO4. The van der Waals surface area contributed by atoms with E-state index in [0.29, 0.717) is 11.3 Å². The van der Waals surface area contributed by atoms with Gasteiger partial charge < -0.3 is 21.1 Å². The number of anilines is 1. The fraction of sp³-hybridized carbons (Fsp3) is 0.214. The summed E-state index contributed by atoms with van der Waals surface area (Å²) in [5.74, 6) is -1.15. The van der Waals surface area contributed by atoms with Gasteiger partial charge in [0.1, 0.15) is 6.10 Å². The Bertz CT molecular complexity index is 611. The molecule has 2 aromatic carbocycles. The summed E-state index contributed by atoms with van der Waals surface area (Å²) < 4.78 is 0. The molecule has 0 spiro atoms. The van der Waals surface area contributed by atoms with Crippen LogP contribution in [0.1, 0.15) is 18.1 Å². The molecular weight excluding hydrogens is 246 g/mol. The van der Waals surface area contributed by atoms with Crippen molar-refractivity contribution in [1.82, 2.24) is 0 Å². The molecule has 0 heterocycles. The number of benzene rings is 2. The van der Waals surface area contributed by atoms with Crippen LogP contribution in [0.5, 0.6) is 0 Å². The molecule has 0 bridgehead atoms. The first-order valence-electron chi connectivity index (χ1n) is 5.84. The van der Waals surface area contributed by atoms with E-state index in [2.05, 4.69) is 0 Å². The Balaban J connectivity index is 2.30. The van der Waals surface area contributed by atoms with Crippen LogP contribution < -0.4 is 5.73 Å². The van der Waals surface area contributed by atoms with E-state index in [0.717, 1.165) is 10.8 Å². The Morgan fingerprint density at radius 2 is 1.74 bits per heavy atom. The number of carbonyl (C=O) groups is 1. The monoisotopic (exact) mass is 261 g/mol. The zero-order valence-electron chi connectivity index (χ0n) is 10.2. The Labute approximate surface area is 109 Å². The fourth-order valence-corrected chi connectivity index (χ4v) is 1.98. The number of aliphatic carboxylic acids is 1. The van der Waals surface area contributed by atoms with Gasteiger partial charge >= 0.3 is 5.97 Å². The van der Waals surface area contributed by atoms with E-state index in [-0.39, 0.29) is 0 Å². The minimum absolute atomic E-state index is 0.478. The number of rotatable bonds is 4. The van der Waals surface area contributed by atoms with Gasteiger partial charge in [-0.15, -0.1) is 0 Å². The quantitative estimate of drug-likeness (QED) is 0.621. The van der Waals surface area contributed by atoms with E-state index < -0.39 is 24.6 Å². The molecule has 19 heavy (non-hydrogen) atoms. The van der Waals surface area contributed by atoms with Crippen molar-refractivity contribution in [3.63, 3.8) is 0 Å². The van der Waals surface area contributed by atoms with Gasteiger partial charge in [-0.2, -0.15) is 0 Å². The molecule has 0 aromatic heterocycles. The Kier molecular flexibility index (Phi) is 3.69. The lowest BCUT2D eigenvalue weighted by Crippen LogP contribution is -2.21. The van der Waals surface area contributed by atoms with Crippen molar-refractivity contribution >= 4 is 22.4 Å². The van der Waals surface area contributed by atoms with Gasteiger partial charge in [-0.1, -0.05) is 18.2 Å². The summed E-state index contributed by atoms with van der Waals surface area (Å²) in [4.78, 5) is 10.5. The topological polar surface area (TPSA) is 104 Å². The minimum Gasteiger partial charge on any atom is -0.481 e. The van der Waals surface area contributed by atoms with Crippen molar-refractivity contribution in [2.24, 2.45) is 0 Å². The van der Waals surface area contributed by atoms with Gasteiger partial charge in [0.05, 0.1) is 12.5 Å². The van der Waals surface area contributed by atoms with Gasteiger partial charge in [0.15, 0.2) is 0 Å². The molecule has 100 valence electrons. The van der Waals surface area contributed by atoms with Crippen LogP contribution in [0.25, 0.3) is 10.8 Å².